The average Bonchev–Trinajstić information content (AvgIpc) is 2.26. The maximum atomic E-state index is 11.2. The van der Waals surface area contributed by atoms with Crippen molar-refractivity contribution >= 4 is 11.7 Å². The Morgan fingerprint density at radius 1 is 1.47 bits per heavy atom. The topological polar surface area (TPSA) is 80.0 Å². The first-order valence-electron chi connectivity index (χ1n) is 5.70. The van der Waals surface area contributed by atoms with Gasteiger partial charge in [-0.1, -0.05) is 6.92 Å². The Balaban J connectivity index is 2.75. The zero-order chi connectivity index (χ0) is 12.8. The molecule has 1 atom stereocenters. The molecule has 0 bridgehead atoms. The van der Waals surface area contributed by atoms with Gasteiger partial charge in [0.1, 0.15) is 5.82 Å². The van der Waals surface area contributed by atoms with E-state index in [2.05, 4.69) is 22.5 Å². The van der Waals surface area contributed by atoms with Crippen LogP contribution in [-0.4, -0.2) is 31.0 Å². The van der Waals surface area contributed by atoms with Gasteiger partial charge in [0.05, 0.1) is 5.56 Å². The number of primary amides is 1. The Morgan fingerprint density at radius 3 is 2.76 bits per heavy atom. The summed E-state index contributed by atoms with van der Waals surface area (Å²) in [6.45, 7) is 5.65. The third kappa shape index (κ3) is 4.03. The number of aromatic nitrogens is 1. The molecule has 1 unspecified atom stereocenters. The predicted molar refractivity (Wildman–Crippen MR) is 69.1 cm³/mol. The third-order valence-corrected chi connectivity index (χ3v) is 2.47. The van der Waals surface area contributed by atoms with Crippen molar-refractivity contribution in [3.8, 4) is 0 Å². The lowest BCUT2D eigenvalue weighted by molar-refractivity contribution is 0.100. The normalized spacial score (nSPS) is 12.2. The maximum Gasteiger partial charge on any atom is 0.252 e. The van der Waals surface area contributed by atoms with Gasteiger partial charge in [-0.05, 0) is 38.6 Å². The Hall–Kier alpha value is -1.62. The minimum atomic E-state index is -0.457. The molecule has 4 N–H and O–H groups in total. The number of aryl methyl sites for hydroxylation is 1. The highest BCUT2D eigenvalue weighted by Crippen LogP contribution is 2.13. The highest BCUT2D eigenvalue weighted by Gasteiger charge is 2.10. The number of anilines is 1. The van der Waals surface area contributed by atoms with Gasteiger partial charge in [0.15, 0.2) is 0 Å². The molecule has 0 spiro atoms. The predicted octanol–water partition coefficient (Wildman–Crippen LogP) is 0.756. The smallest absolute Gasteiger partial charge is 0.252 e. The van der Waals surface area contributed by atoms with E-state index in [1.165, 1.54) is 0 Å². The van der Waals surface area contributed by atoms with Crippen molar-refractivity contribution in [2.45, 2.75) is 13.8 Å². The summed E-state index contributed by atoms with van der Waals surface area (Å²) in [6.07, 6.45) is 0. The summed E-state index contributed by atoms with van der Waals surface area (Å²) in [5.41, 5.74) is 6.60. The van der Waals surface area contributed by atoms with Gasteiger partial charge in [0.25, 0.3) is 5.91 Å². The molecule has 0 fully saturated rings. The molecule has 0 aliphatic carbocycles. The van der Waals surface area contributed by atoms with Crippen LogP contribution in [0.1, 0.15) is 23.0 Å². The summed E-state index contributed by atoms with van der Waals surface area (Å²) in [7, 11) is 1.91. The number of nitrogens with zero attached hydrogens (tertiary/aromatic N) is 1. The molecule has 0 aliphatic rings. The summed E-state index contributed by atoms with van der Waals surface area (Å²) >= 11 is 0. The summed E-state index contributed by atoms with van der Waals surface area (Å²) < 4.78 is 0. The van der Waals surface area contributed by atoms with Gasteiger partial charge >= 0.3 is 0 Å². The quantitative estimate of drug-likeness (QED) is 0.681. The van der Waals surface area contributed by atoms with E-state index >= 15 is 0 Å². The van der Waals surface area contributed by atoms with Crippen molar-refractivity contribution in [3.63, 3.8) is 0 Å². The number of hydrogen-bond donors (Lipinski definition) is 3. The van der Waals surface area contributed by atoms with Crippen LogP contribution < -0.4 is 16.4 Å². The molecule has 0 radical (unpaired) electrons. The molecule has 0 aliphatic heterocycles. The van der Waals surface area contributed by atoms with Crippen molar-refractivity contribution in [3.05, 3.63) is 23.4 Å². The molecule has 1 aromatic heterocycles. The molecule has 0 saturated heterocycles. The van der Waals surface area contributed by atoms with Gasteiger partial charge in [-0.2, -0.15) is 0 Å². The first kappa shape index (κ1) is 13.4. The van der Waals surface area contributed by atoms with Crippen LogP contribution in [0.3, 0.4) is 0 Å². The van der Waals surface area contributed by atoms with E-state index in [0.717, 1.165) is 18.8 Å². The van der Waals surface area contributed by atoms with Crippen molar-refractivity contribution in [1.82, 2.24) is 10.3 Å². The highest BCUT2D eigenvalue weighted by molar-refractivity contribution is 5.97. The van der Waals surface area contributed by atoms with E-state index in [1.807, 2.05) is 14.0 Å². The lowest BCUT2D eigenvalue weighted by Crippen LogP contribution is -2.24. The molecule has 0 aromatic carbocycles. The summed E-state index contributed by atoms with van der Waals surface area (Å²) in [5, 5.41) is 6.27. The molecular formula is C12H20N4O. The standard InChI is InChI=1S/C12H20N4O/c1-8(6-14-3)7-15-12-10(11(13)17)5-4-9(2)16-12/h4-5,8,14H,6-7H2,1-3H3,(H2,13,17)(H,15,16). The lowest BCUT2D eigenvalue weighted by atomic mass is 10.1. The fourth-order valence-corrected chi connectivity index (χ4v) is 1.58. The van der Waals surface area contributed by atoms with Crippen LogP contribution in [0.2, 0.25) is 0 Å². The van der Waals surface area contributed by atoms with Crippen LogP contribution in [0, 0.1) is 12.8 Å². The minimum absolute atomic E-state index is 0.437. The third-order valence-electron chi connectivity index (χ3n) is 2.47. The van der Waals surface area contributed by atoms with Gasteiger partial charge in [0.2, 0.25) is 0 Å². The van der Waals surface area contributed by atoms with E-state index in [4.69, 9.17) is 5.73 Å². The SMILES string of the molecule is CNCC(C)CNc1nc(C)ccc1C(N)=O. The molecule has 1 aromatic rings. The molecule has 5 nitrogen and oxygen atoms in total. The van der Waals surface area contributed by atoms with Gasteiger partial charge < -0.3 is 16.4 Å². The van der Waals surface area contributed by atoms with E-state index in [9.17, 15) is 4.79 Å². The second kappa shape index (κ2) is 6.20. The second-order valence-electron chi connectivity index (χ2n) is 4.26. The van der Waals surface area contributed by atoms with Gasteiger partial charge in [0, 0.05) is 12.2 Å². The molecule has 17 heavy (non-hydrogen) atoms. The summed E-state index contributed by atoms with van der Waals surface area (Å²) in [4.78, 5) is 15.5. The van der Waals surface area contributed by atoms with Crippen molar-refractivity contribution in [2.24, 2.45) is 11.7 Å². The van der Waals surface area contributed by atoms with Gasteiger partial charge in [-0.15, -0.1) is 0 Å². The largest absolute Gasteiger partial charge is 0.369 e. The number of amides is 1. The van der Waals surface area contributed by atoms with Crippen LogP contribution in [0.15, 0.2) is 12.1 Å². The zero-order valence-electron chi connectivity index (χ0n) is 10.6. The van der Waals surface area contributed by atoms with Gasteiger partial charge in [-0.25, -0.2) is 4.98 Å². The average molecular weight is 236 g/mol. The maximum absolute atomic E-state index is 11.2. The first-order chi connectivity index (χ1) is 8.04. The summed E-state index contributed by atoms with van der Waals surface area (Å²) in [6, 6.07) is 3.48. The molecule has 1 rings (SSSR count). The first-order valence-corrected chi connectivity index (χ1v) is 5.70. The number of nitrogens with two attached hydrogens (primary N) is 1. The lowest BCUT2D eigenvalue weighted by Gasteiger charge is -2.14. The van der Waals surface area contributed by atoms with Crippen molar-refractivity contribution < 1.29 is 4.79 Å². The molecule has 94 valence electrons. The number of pyridine rings is 1. The molecule has 1 heterocycles. The Bertz CT molecular complexity index is 392. The fourth-order valence-electron chi connectivity index (χ4n) is 1.58. The number of carbonyl (C=O) groups excluding carboxylic acids is 1. The van der Waals surface area contributed by atoms with Crippen molar-refractivity contribution in [2.75, 3.05) is 25.5 Å². The van der Waals surface area contributed by atoms with Crippen LogP contribution in [0.25, 0.3) is 0 Å². The van der Waals surface area contributed by atoms with Crippen LogP contribution in [0.4, 0.5) is 5.82 Å². The number of nitrogens with one attached hydrogen (secondary N) is 2. The Kier molecular flexibility index (Phi) is 4.90. The summed E-state index contributed by atoms with van der Waals surface area (Å²) in [5.74, 6) is 0.560. The van der Waals surface area contributed by atoms with Crippen molar-refractivity contribution in [1.29, 1.82) is 0 Å². The Labute approximate surface area is 102 Å². The van der Waals surface area contributed by atoms with Crippen LogP contribution >= 0.6 is 0 Å². The van der Waals surface area contributed by atoms with E-state index < -0.39 is 5.91 Å². The zero-order valence-corrected chi connectivity index (χ0v) is 10.6. The van der Waals surface area contributed by atoms with Crippen LogP contribution in [-0.2, 0) is 0 Å². The minimum Gasteiger partial charge on any atom is -0.369 e. The second-order valence-corrected chi connectivity index (χ2v) is 4.26. The monoisotopic (exact) mass is 236 g/mol. The number of hydrogen-bond acceptors (Lipinski definition) is 4. The van der Waals surface area contributed by atoms with E-state index in [1.54, 1.807) is 12.1 Å². The van der Waals surface area contributed by atoms with Crippen LogP contribution in [0.5, 0.6) is 0 Å². The number of rotatable bonds is 6. The molecule has 0 saturated carbocycles. The molecule has 5 heteroatoms. The molecular weight excluding hydrogens is 216 g/mol. The molecule has 1 amide bonds. The van der Waals surface area contributed by atoms with E-state index in [0.29, 0.717) is 17.3 Å². The Morgan fingerprint density at radius 2 is 2.18 bits per heavy atom. The number of carbonyl (C=O) groups is 1. The van der Waals surface area contributed by atoms with Gasteiger partial charge in [-0.3, -0.25) is 4.79 Å². The highest BCUT2D eigenvalue weighted by atomic mass is 16.1. The van der Waals surface area contributed by atoms with E-state index in [-0.39, 0.29) is 0 Å². The fraction of sp³-hybridized carbons (Fsp3) is 0.500.